The highest BCUT2D eigenvalue weighted by atomic mass is 16.5. The summed E-state index contributed by atoms with van der Waals surface area (Å²) in [4.78, 5) is 8.48. The fourth-order valence-corrected chi connectivity index (χ4v) is 2.55. The van der Waals surface area contributed by atoms with Gasteiger partial charge in [0, 0.05) is 32.4 Å². The molecule has 1 aromatic heterocycles. The van der Waals surface area contributed by atoms with Crippen LogP contribution in [0.15, 0.2) is 36.0 Å². The Labute approximate surface area is 132 Å². The topological polar surface area (TPSA) is 58.5 Å². The maximum atomic E-state index is 6.00. The lowest BCUT2D eigenvalue weighted by Gasteiger charge is -2.22. The largest absolute Gasteiger partial charge is 0.474 e. The number of pyridine rings is 1. The predicted octanol–water partition coefficient (Wildman–Crippen LogP) is 2.64. The van der Waals surface area contributed by atoms with Crippen molar-refractivity contribution in [3.63, 3.8) is 0 Å². The fourth-order valence-electron chi connectivity index (χ4n) is 2.55. The highest BCUT2D eigenvalue weighted by molar-refractivity contribution is 5.79. The third-order valence-electron chi connectivity index (χ3n) is 3.74. The summed E-state index contributed by atoms with van der Waals surface area (Å²) in [5, 5.41) is 6.40. The minimum atomic E-state index is 0.325. The Morgan fingerprint density at radius 2 is 2.23 bits per heavy atom. The molecule has 5 heteroatoms. The van der Waals surface area contributed by atoms with Crippen molar-refractivity contribution in [3.8, 4) is 5.88 Å². The van der Waals surface area contributed by atoms with E-state index < -0.39 is 0 Å². The van der Waals surface area contributed by atoms with Crippen LogP contribution in [0, 0.1) is 0 Å². The number of rotatable bonds is 6. The Kier molecular flexibility index (Phi) is 6.74. The number of hydrogen-bond acceptors (Lipinski definition) is 3. The number of ether oxygens (including phenoxy) is 1. The van der Waals surface area contributed by atoms with Gasteiger partial charge in [0.1, 0.15) is 6.10 Å². The molecular weight excluding hydrogens is 276 g/mol. The molecule has 0 aromatic carbocycles. The van der Waals surface area contributed by atoms with Gasteiger partial charge in [-0.3, -0.25) is 4.99 Å². The van der Waals surface area contributed by atoms with Crippen molar-refractivity contribution in [1.29, 1.82) is 0 Å². The molecule has 120 valence electrons. The van der Waals surface area contributed by atoms with Crippen LogP contribution in [-0.4, -0.2) is 30.6 Å². The Morgan fingerprint density at radius 3 is 2.95 bits per heavy atom. The first kappa shape index (κ1) is 16.3. The Bertz CT molecular complexity index is 495. The van der Waals surface area contributed by atoms with Gasteiger partial charge in [0.15, 0.2) is 5.96 Å². The van der Waals surface area contributed by atoms with Crippen molar-refractivity contribution in [2.75, 3.05) is 13.6 Å². The van der Waals surface area contributed by atoms with E-state index in [1.165, 1.54) is 19.3 Å². The van der Waals surface area contributed by atoms with Crippen molar-refractivity contribution in [2.45, 2.75) is 44.8 Å². The summed E-state index contributed by atoms with van der Waals surface area (Å²) in [7, 11) is 1.75. The monoisotopic (exact) mass is 302 g/mol. The highest BCUT2D eigenvalue weighted by Crippen LogP contribution is 2.22. The summed E-state index contributed by atoms with van der Waals surface area (Å²) in [6, 6.07) is 3.99. The molecule has 0 saturated heterocycles. The maximum Gasteiger partial charge on any atom is 0.213 e. The molecule has 1 aliphatic rings. The molecule has 22 heavy (non-hydrogen) atoms. The van der Waals surface area contributed by atoms with Gasteiger partial charge in [0.2, 0.25) is 5.88 Å². The number of nitrogens with one attached hydrogen (secondary N) is 2. The van der Waals surface area contributed by atoms with Crippen LogP contribution >= 0.6 is 0 Å². The maximum absolute atomic E-state index is 6.00. The molecule has 2 N–H and O–H groups in total. The van der Waals surface area contributed by atoms with E-state index in [1.54, 1.807) is 19.3 Å². The molecule has 5 nitrogen and oxygen atoms in total. The van der Waals surface area contributed by atoms with Crippen LogP contribution in [0.4, 0.5) is 0 Å². The van der Waals surface area contributed by atoms with Crippen molar-refractivity contribution in [2.24, 2.45) is 4.99 Å². The number of aliphatic imine (C=N–C) groups is 1. The molecule has 1 heterocycles. The molecule has 0 atom stereocenters. The van der Waals surface area contributed by atoms with E-state index in [9.17, 15) is 0 Å². The number of nitrogens with zero attached hydrogens (tertiary/aromatic N) is 2. The molecule has 0 radical (unpaired) electrons. The number of aromatic nitrogens is 1. The van der Waals surface area contributed by atoms with Crippen molar-refractivity contribution < 1.29 is 4.74 Å². The first-order valence-electron chi connectivity index (χ1n) is 7.99. The highest BCUT2D eigenvalue weighted by Gasteiger charge is 2.15. The van der Waals surface area contributed by atoms with E-state index in [4.69, 9.17) is 4.74 Å². The zero-order chi connectivity index (χ0) is 15.6. The molecule has 0 bridgehead atoms. The lowest BCUT2D eigenvalue weighted by atomic mass is 9.98. The molecule has 0 aliphatic heterocycles. The normalized spacial score (nSPS) is 16.1. The quantitative estimate of drug-likeness (QED) is 0.482. The number of guanidine groups is 1. The second kappa shape index (κ2) is 9.07. The van der Waals surface area contributed by atoms with Crippen LogP contribution in [0.5, 0.6) is 5.88 Å². The SMILES string of the molecule is C=CCNC(=NC)NCc1ccnc(OC2CCCCC2)c1. The minimum Gasteiger partial charge on any atom is -0.474 e. The summed E-state index contributed by atoms with van der Waals surface area (Å²) in [5.41, 5.74) is 1.13. The standard InChI is InChI=1S/C17H26N4O/c1-3-10-20-17(18-2)21-13-14-9-11-19-16(12-14)22-15-7-5-4-6-8-15/h3,9,11-12,15H,1,4-8,10,13H2,2H3,(H2,18,20,21). The van der Waals surface area contributed by atoms with Crippen LogP contribution < -0.4 is 15.4 Å². The summed E-state index contributed by atoms with van der Waals surface area (Å²) in [6.45, 7) is 5.05. The molecule has 1 saturated carbocycles. The zero-order valence-corrected chi connectivity index (χ0v) is 13.3. The Balaban J connectivity index is 1.86. The van der Waals surface area contributed by atoms with Crippen molar-refractivity contribution in [1.82, 2.24) is 15.6 Å². The second-order valence-corrected chi connectivity index (χ2v) is 5.48. The van der Waals surface area contributed by atoms with E-state index in [1.807, 2.05) is 12.1 Å². The average Bonchev–Trinajstić information content (AvgIpc) is 2.56. The van der Waals surface area contributed by atoms with Gasteiger partial charge in [0.25, 0.3) is 0 Å². The fraction of sp³-hybridized carbons (Fsp3) is 0.529. The van der Waals surface area contributed by atoms with Gasteiger partial charge in [0.05, 0.1) is 0 Å². The second-order valence-electron chi connectivity index (χ2n) is 5.48. The molecule has 1 aromatic rings. The molecule has 0 amide bonds. The van der Waals surface area contributed by atoms with Gasteiger partial charge in [-0.1, -0.05) is 12.5 Å². The van der Waals surface area contributed by atoms with Crippen LogP contribution in [0.1, 0.15) is 37.7 Å². The van der Waals surface area contributed by atoms with E-state index in [-0.39, 0.29) is 0 Å². The summed E-state index contributed by atoms with van der Waals surface area (Å²) in [5.74, 6) is 1.48. The van der Waals surface area contributed by atoms with Crippen LogP contribution in [0.2, 0.25) is 0 Å². The number of hydrogen-bond donors (Lipinski definition) is 2. The molecule has 1 aliphatic carbocycles. The smallest absolute Gasteiger partial charge is 0.213 e. The van der Waals surface area contributed by atoms with E-state index in [0.717, 1.165) is 30.2 Å². The predicted molar refractivity (Wildman–Crippen MR) is 90.1 cm³/mol. The molecule has 0 unspecified atom stereocenters. The van der Waals surface area contributed by atoms with Crippen molar-refractivity contribution in [3.05, 3.63) is 36.5 Å². The molecule has 0 spiro atoms. The van der Waals surface area contributed by atoms with E-state index in [0.29, 0.717) is 19.2 Å². The first-order chi connectivity index (χ1) is 10.8. The van der Waals surface area contributed by atoms with Gasteiger partial charge in [-0.2, -0.15) is 0 Å². The van der Waals surface area contributed by atoms with Crippen LogP contribution in [-0.2, 0) is 6.54 Å². The zero-order valence-electron chi connectivity index (χ0n) is 13.3. The van der Waals surface area contributed by atoms with Crippen LogP contribution in [0.25, 0.3) is 0 Å². The van der Waals surface area contributed by atoms with Gasteiger partial charge in [-0.25, -0.2) is 4.98 Å². The average molecular weight is 302 g/mol. The molecular formula is C17H26N4O. The van der Waals surface area contributed by atoms with Gasteiger partial charge in [-0.15, -0.1) is 6.58 Å². The Hall–Kier alpha value is -2.04. The summed E-state index contributed by atoms with van der Waals surface area (Å²) < 4.78 is 6.00. The van der Waals surface area contributed by atoms with Gasteiger partial charge >= 0.3 is 0 Å². The lowest BCUT2D eigenvalue weighted by molar-refractivity contribution is 0.148. The molecule has 2 rings (SSSR count). The summed E-state index contributed by atoms with van der Waals surface area (Å²) >= 11 is 0. The third-order valence-corrected chi connectivity index (χ3v) is 3.74. The van der Waals surface area contributed by atoms with Crippen molar-refractivity contribution >= 4 is 5.96 Å². The lowest BCUT2D eigenvalue weighted by Crippen LogP contribution is -2.36. The van der Waals surface area contributed by atoms with Gasteiger partial charge in [-0.05, 0) is 37.3 Å². The third kappa shape index (κ3) is 5.39. The van der Waals surface area contributed by atoms with E-state index >= 15 is 0 Å². The van der Waals surface area contributed by atoms with Gasteiger partial charge < -0.3 is 15.4 Å². The first-order valence-corrected chi connectivity index (χ1v) is 7.99. The summed E-state index contributed by atoms with van der Waals surface area (Å²) in [6.07, 6.45) is 10.1. The van der Waals surface area contributed by atoms with Crippen LogP contribution in [0.3, 0.4) is 0 Å². The minimum absolute atomic E-state index is 0.325. The Morgan fingerprint density at radius 1 is 1.41 bits per heavy atom. The van der Waals surface area contributed by atoms with E-state index in [2.05, 4.69) is 27.2 Å². The molecule has 1 fully saturated rings.